The molecule has 18 heavy (non-hydrogen) atoms. The normalized spacial score (nSPS) is 11.5. The highest BCUT2D eigenvalue weighted by molar-refractivity contribution is 7.20. The quantitative estimate of drug-likeness (QED) is 0.768. The molecule has 0 bridgehead atoms. The zero-order valence-electron chi connectivity index (χ0n) is 10.3. The molecule has 0 atom stereocenters. The highest BCUT2D eigenvalue weighted by Crippen LogP contribution is 2.27. The minimum absolute atomic E-state index is 0.364. The molecule has 0 radical (unpaired) electrons. The Hall–Kier alpha value is -1.88. The van der Waals surface area contributed by atoms with E-state index in [-0.39, 0.29) is 0 Å². The zero-order chi connectivity index (χ0) is 12.7. The minimum atomic E-state index is 0.364. The summed E-state index contributed by atoms with van der Waals surface area (Å²) in [4.78, 5) is 4.56. The molecule has 92 valence electrons. The Bertz CT molecular complexity index is 663. The molecule has 0 fully saturated rings. The number of hydrogen-bond donors (Lipinski definition) is 1. The van der Waals surface area contributed by atoms with Gasteiger partial charge >= 0.3 is 0 Å². The van der Waals surface area contributed by atoms with E-state index >= 15 is 0 Å². The summed E-state index contributed by atoms with van der Waals surface area (Å²) in [5.74, 6) is 1.00. The van der Waals surface area contributed by atoms with Crippen molar-refractivity contribution in [3.8, 4) is 5.13 Å². The molecule has 0 amide bonds. The zero-order valence-corrected chi connectivity index (χ0v) is 11.1. The Labute approximate surface area is 109 Å². The van der Waals surface area contributed by atoms with Crippen LogP contribution in [-0.2, 0) is 0 Å². The third-order valence-corrected chi connectivity index (χ3v) is 3.82. The molecule has 0 spiro atoms. The summed E-state index contributed by atoms with van der Waals surface area (Å²) < 4.78 is 2.87. The van der Waals surface area contributed by atoms with Crippen molar-refractivity contribution in [2.45, 2.75) is 19.8 Å². The van der Waals surface area contributed by atoms with Crippen LogP contribution in [0.5, 0.6) is 0 Å². The Kier molecular flexibility index (Phi) is 2.56. The van der Waals surface area contributed by atoms with Gasteiger partial charge in [0.05, 0.1) is 15.9 Å². The van der Waals surface area contributed by atoms with Crippen molar-refractivity contribution in [1.82, 2.24) is 14.8 Å². The minimum Gasteiger partial charge on any atom is -0.383 e. The lowest BCUT2D eigenvalue weighted by Crippen LogP contribution is -2.01. The molecule has 2 heterocycles. The van der Waals surface area contributed by atoms with Crippen LogP contribution in [-0.4, -0.2) is 14.8 Å². The Morgan fingerprint density at radius 2 is 2.06 bits per heavy atom. The fraction of sp³-hybridized carbons (Fsp3) is 0.231. The van der Waals surface area contributed by atoms with E-state index in [9.17, 15) is 0 Å². The molecule has 2 N–H and O–H groups in total. The van der Waals surface area contributed by atoms with Gasteiger partial charge in [0.2, 0.25) is 5.13 Å². The van der Waals surface area contributed by atoms with Gasteiger partial charge in [0.1, 0.15) is 5.82 Å². The van der Waals surface area contributed by atoms with Crippen LogP contribution in [0.3, 0.4) is 0 Å². The second-order valence-corrected chi connectivity index (χ2v) is 5.53. The van der Waals surface area contributed by atoms with Crippen molar-refractivity contribution in [3.63, 3.8) is 0 Å². The lowest BCUT2D eigenvalue weighted by Gasteiger charge is -1.98. The Morgan fingerprint density at radius 1 is 1.28 bits per heavy atom. The number of thiazole rings is 1. The summed E-state index contributed by atoms with van der Waals surface area (Å²) in [6.45, 7) is 4.20. The van der Waals surface area contributed by atoms with E-state index in [0.29, 0.717) is 11.7 Å². The highest BCUT2D eigenvalue weighted by Gasteiger charge is 2.12. The van der Waals surface area contributed by atoms with Crippen LogP contribution in [0.1, 0.15) is 25.5 Å². The SMILES string of the molecule is CC(C)c1cc(N)n(-c2nc3ccccc3s2)n1. The van der Waals surface area contributed by atoms with Gasteiger partial charge in [0.25, 0.3) is 0 Å². The topological polar surface area (TPSA) is 56.7 Å². The van der Waals surface area contributed by atoms with Crippen molar-refractivity contribution in [2.24, 2.45) is 0 Å². The number of nitrogen functional groups attached to an aromatic ring is 1. The first-order valence-corrected chi connectivity index (χ1v) is 6.68. The van der Waals surface area contributed by atoms with Gasteiger partial charge in [-0.2, -0.15) is 9.78 Å². The van der Waals surface area contributed by atoms with E-state index < -0.39 is 0 Å². The summed E-state index contributed by atoms with van der Waals surface area (Å²) in [7, 11) is 0. The number of para-hydroxylation sites is 1. The van der Waals surface area contributed by atoms with Crippen LogP contribution in [0.15, 0.2) is 30.3 Å². The van der Waals surface area contributed by atoms with E-state index in [0.717, 1.165) is 21.0 Å². The predicted octanol–water partition coefficient (Wildman–Crippen LogP) is 3.19. The third-order valence-electron chi connectivity index (χ3n) is 2.81. The van der Waals surface area contributed by atoms with Crippen molar-refractivity contribution in [2.75, 3.05) is 5.73 Å². The molecule has 5 heteroatoms. The van der Waals surface area contributed by atoms with Gasteiger partial charge in [0, 0.05) is 6.07 Å². The largest absolute Gasteiger partial charge is 0.383 e. The molecule has 1 aromatic carbocycles. The highest BCUT2D eigenvalue weighted by atomic mass is 32.1. The fourth-order valence-electron chi connectivity index (χ4n) is 1.80. The van der Waals surface area contributed by atoms with E-state index in [1.54, 1.807) is 16.0 Å². The van der Waals surface area contributed by atoms with E-state index in [4.69, 9.17) is 5.73 Å². The molecule has 0 aliphatic carbocycles. The van der Waals surface area contributed by atoms with Gasteiger partial charge < -0.3 is 5.73 Å². The molecule has 0 saturated carbocycles. The average Bonchev–Trinajstić information content (AvgIpc) is 2.91. The lowest BCUT2D eigenvalue weighted by atomic mass is 10.1. The molecule has 0 aliphatic heterocycles. The van der Waals surface area contributed by atoms with Crippen LogP contribution in [0.2, 0.25) is 0 Å². The molecule has 3 aromatic rings. The summed E-state index contributed by atoms with van der Waals surface area (Å²) >= 11 is 1.60. The van der Waals surface area contributed by atoms with Crippen molar-refractivity contribution in [3.05, 3.63) is 36.0 Å². The second-order valence-electron chi connectivity index (χ2n) is 4.52. The average molecular weight is 258 g/mol. The third kappa shape index (κ3) is 1.76. The standard InChI is InChI=1S/C13H14N4S/c1-8(2)10-7-12(14)17(16-10)13-15-9-5-3-4-6-11(9)18-13/h3-8H,14H2,1-2H3. The fourth-order valence-corrected chi connectivity index (χ4v) is 2.74. The number of anilines is 1. The maximum Gasteiger partial charge on any atom is 0.213 e. The van der Waals surface area contributed by atoms with Crippen molar-refractivity contribution < 1.29 is 0 Å². The van der Waals surface area contributed by atoms with Gasteiger partial charge in [-0.25, -0.2) is 4.98 Å². The molecule has 3 rings (SSSR count). The van der Waals surface area contributed by atoms with E-state index in [2.05, 4.69) is 30.0 Å². The molecule has 4 nitrogen and oxygen atoms in total. The van der Waals surface area contributed by atoms with Gasteiger partial charge in [-0.05, 0) is 18.1 Å². The monoisotopic (exact) mass is 258 g/mol. The van der Waals surface area contributed by atoms with Gasteiger partial charge in [-0.1, -0.05) is 37.3 Å². The first-order chi connectivity index (χ1) is 8.65. The van der Waals surface area contributed by atoms with Crippen LogP contribution < -0.4 is 5.73 Å². The summed E-state index contributed by atoms with van der Waals surface area (Å²) in [5, 5.41) is 5.33. The summed E-state index contributed by atoms with van der Waals surface area (Å²) in [5.41, 5.74) is 7.98. The predicted molar refractivity (Wildman–Crippen MR) is 75.2 cm³/mol. The number of nitrogens with two attached hydrogens (primary N) is 1. The number of hydrogen-bond acceptors (Lipinski definition) is 4. The Morgan fingerprint density at radius 3 is 2.72 bits per heavy atom. The van der Waals surface area contributed by atoms with Gasteiger partial charge in [0.15, 0.2) is 0 Å². The van der Waals surface area contributed by atoms with Crippen LogP contribution in [0.4, 0.5) is 5.82 Å². The number of nitrogens with zero attached hydrogens (tertiary/aromatic N) is 3. The molecular weight excluding hydrogens is 244 g/mol. The molecule has 2 aromatic heterocycles. The van der Waals surface area contributed by atoms with Crippen LogP contribution in [0.25, 0.3) is 15.3 Å². The Balaban J connectivity index is 2.13. The lowest BCUT2D eigenvalue weighted by molar-refractivity contribution is 0.769. The second kappa shape index (κ2) is 4.10. The molecule has 0 aliphatic rings. The van der Waals surface area contributed by atoms with Crippen molar-refractivity contribution in [1.29, 1.82) is 0 Å². The van der Waals surface area contributed by atoms with Crippen LogP contribution >= 0.6 is 11.3 Å². The van der Waals surface area contributed by atoms with Gasteiger partial charge in [-0.3, -0.25) is 0 Å². The van der Waals surface area contributed by atoms with Gasteiger partial charge in [-0.15, -0.1) is 0 Å². The molecule has 0 unspecified atom stereocenters. The molecular formula is C13H14N4S. The van der Waals surface area contributed by atoms with Crippen molar-refractivity contribution >= 4 is 27.4 Å². The van der Waals surface area contributed by atoms with Crippen LogP contribution in [0, 0.1) is 0 Å². The number of aromatic nitrogens is 3. The number of rotatable bonds is 2. The summed E-state index contributed by atoms with van der Waals surface area (Å²) in [6, 6.07) is 9.96. The number of benzene rings is 1. The maximum atomic E-state index is 6.00. The molecule has 0 saturated heterocycles. The first kappa shape index (κ1) is 11.2. The van der Waals surface area contributed by atoms with E-state index in [1.807, 2.05) is 24.3 Å². The smallest absolute Gasteiger partial charge is 0.213 e. The van der Waals surface area contributed by atoms with E-state index in [1.165, 1.54) is 0 Å². The first-order valence-electron chi connectivity index (χ1n) is 5.86. The maximum absolute atomic E-state index is 6.00. The summed E-state index contributed by atoms with van der Waals surface area (Å²) in [6.07, 6.45) is 0. The number of fused-ring (bicyclic) bond motifs is 1.